The van der Waals surface area contributed by atoms with E-state index in [1.54, 1.807) is 31.6 Å². The number of amides is 3. The van der Waals surface area contributed by atoms with Crippen molar-refractivity contribution in [3.8, 4) is 0 Å². The summed E-state index contributed by atoms with van der Waals surface area (Å²) in [5, 5.41) is 22.3. The lowest BCUT2D eigenvalue weighted by molar-refractivity contribution is -0.154. The van der Waals surface area contributed by atoms with Gasteiger partial charge in [-0.05, 0) is 37.3 Å². The zero-order valence-corrected chi connectivity index (χ0v) is 39.6. The number of thioether (sulfide) groups is 2. The largest absolute Gasteiger partial charge is 0.448 e. The zero-order valence-electron chi connectivity index (χ0n) is 37.2. The highest BCUT2D eigenvalue weighted by atomic mass is 32.2. The molecule has 0 saturated carbocycles. The van der Waals surface area contributed by atoms with Gasteiger partial charge in [0.2, 0.25) is 5.60 Å². The predicted octanol–water partition coefficient (Wildman–Crippen LogP) is 9.39. The Morgan fingerprint density at radius 2 is 1.37 bits per heavy atom. The topological polar surface area (TPSA) is 169 Å². The maximum absolute atomic E-state index is 14.8. The number of ether oxygens (including phenoxy) is 2. The third kappa shape index (κ3) is 10.6. The van der Waals surface area contributed by atoms with E-state index in [9.17, 15) is 24.3 Å². The molecule has 1 unspecified atom stereocenters. The number of thiazole rings is 1. The molecule has 3 heterocycles. The van der Waals surface area contributed by atoms with Crippen molar-refractivity contribution in [2.45, 2.75) is 49.5 Å². The molecule has 3 N–H and O–H groups in total. The van der Waals surface area contributed by atoms with Crippen LogP contribution >= 0.6 is 34.9 Å². The average Bonchev–Trinajstić information content (AvgIpc) is 3.81. The molecular formula is C52H47N5O8S3. The first-order valence-corrected chi connectivity index (χ1v) is 24.4. The van der Waals surface area contributed by atoms with E-state index in [-0.39, 0.29) is 34.6 Å². The van der Waals surface area contributed by atoms with Gasteiger partial charge in [0.05, 0.1) is 6.61 Å². The summed E-state index contributed by atoms with van der Waals surface area (Å²) < 4.78 is 11.7. The number of rotatable bonds is 16. The van der Waals surface area contributed by atoms with Crippen molar-refractivity contribution in [2.75, 3.05) is 17.7 Å². The molecule has 68 heavy (non-hydrogen) atoms. The van der Waals surface area contributed by atoms with Gasteiger partial charge in [-0.15, -0.1) is 23.1 Å². The Labute approximate surface area is 406 Å². The fourth-order valence-electron chi connectivity index (χ4n) is 7.63. The van der Waals surface area contributed by atoms with Crippen LogP contribution in [0.5, 0.6) is 0 Å². The molecule has 1 fully saturated rings. The number of anilines is 1. The summed E-state index contributed by atoms with van der Waals surface area (Å²) in [7, 11) is 0. The summed E-state index contributed by atoms with van der Waals surface area (Å²) in [5.74, 6) is -1.79. The van der Waals surface area contributed by atoms with Gasteiger partial charge in [0.25, 0.3) is 11.8 Å². The van der Waals surface area contributed by atoms with Gasteiger partial charge in [0, 0.05) is 32.7 Å². The van der Waals surface area contributed by atoms with E-state index in [4.69, 9.17) is 14.3 Å². The molecule has 5 aromatic carbocycles. The second-order valence-corrected chi connectivity index (χ2v) is 19.4. The minimum Gasteiger partial charge on any atom is -0.448 e. The maximum Gasteiger partial charge on any atom is 0.413 e. The third-order valence-electron chi connectivity index (χ3n) is 10.6. The molecule has 1 saturated heterocycles. The molecule has 346 valence electrons. The van der Waals surface area contributed by atoms with Crippen LogP contribution in [0.1, 0.15) is 60.4 Å². The summed E-state index contributed by atoms with van der Waals surface area (Å²) in [6.07, 6.45) is -0.000608. The lowest BCUT2D eigenvalue weighted by Gasteiger charge is -2.49. The highest BCUT2D eigenvalue weighted by molar-refractivity contribution is 8.08. The SMILES string of the molecule is CC(C)(C)OC(=O)Nc1nc(/C(=N/OC(c2ccccc2)(c2ccccc2)c2ccccc2)C(=O)NC2C(=O)N3C(C(=O)OC(c4ccccc4)c4ccccc4)=C(S/C=C\CO)CS[C@H]23)cs1. The monoisotopic (exact) mass is 965 g/mol. The van der Waals surface area contributed by atoms with E-state index >= 15 is 0 Å². The maximum atomic E-state index is 14.8. The van der Waals surface area contributed by atoms with Crippen LogP contribution in [0.3, 0.4) is 0 Å². The Kier molecular flexibility index (Phi) is 14.9. The van der Waals surface area contributed by atoms with Crippen molar-refractivity contribution < 1.29 is 38.6 Å². The van der Waals surface area contributed by atoms with E-state index in [1.165, 1.54) is 34.5 Å². The number of hydrogen-bond donors (Lipinski definition) is 3. The molecule has 3 amide bonds. The fraction of sp³-hybridized carbons (Fsp3) is 0.192. The smallest absolute Gasteiger partial charge is 0.413 e. The van der Waals surface area contributed by atoms with Gasteiger partial charge >= 0.3 is 12.1 Å². The van der Waals surface area contributed by atoms with Crippen molar-refractivity contribution in [2.24, 2.45) is 5.16 Å². The van der Waals surface area contributed by atoms with Crippen LogP contribution in [-0.4, -0.2) is 74.0 Å². The predicted molar refractivity (Wildman–Crippen MR) is 265 cm³/mol. The number of esters is 1. The summed E-state index contributed by atoms with van der Waals surface area (Å²) in [4.78, 5) is 69.8. The zero-order chi connectivity index (χ0) is 47.7. The molecule has 8 rings (SSSR count). The molecule has 2 atom stereocenters. The van der Waals surface area contributed by atoms with Crippen LogP contribution in [0.4, 0.5) is 9.93 Å². The van der Waals surface area contributed by atoms with Crippen LogP contribution in [0, 0.1) is 0 Å². The number of nitrogens with one attached hydrogen (secondary N) is 2. The van der Waals surface area contributed by atoms with E-state index in [0.29, 0.717) is 21.6 Å². The number of aliphatic hydroxyl groups is 1. The minimum absolute atomic E-state index is 0.0432. The van der Waals surface area contributed by atoms with E-state index < -0.39 is 52.6 Å². The minimum atomic E-state index is -1.39. The molecular weight excluding hydrogens is 919 g/mol. The quantitative estimate of drug-likeness (QED) is 0.0278. The Hall–Kier alpha value is -6.98. The first kappa shape index (κ1) is 47.5. The molecule has 0 spiro atoms. The first-order chi connectivity index (χ1) is 33.0. The molecule has 2 aliphatic rings. The normalized spacial score (nSPS) is 16.2. The standard InChI is InChI=1S/C52H47N5O8S3/c1-51(2,3)64-50(62)55-49-53-39(32-68-49)41(56-65-52(36-24-13-6-14-25-36,37-26-15-7-16-27-37)38-28-17-8-18-29-38)45(59)54-42-46(60)57-43(40(33-67-47(42)57)66-31-19-30-58)48(61)63-44(34-20-9-4-10-21-34)35-22-11-5-12-23-35/h4-29,31-32,42,44,47,58H,30,33H2,1-3H3,(H,54,59)(H,53,55,62)/b31-19-,56-41-/t42?,47-/m1/s1. The molecule has 16 heteroatoms. The number of fused-ring (bicyclic) bond motifs is 1. The van der Waals surface area contributed by atoms with Gasteiger partial charge < -0.3 is 24.7 Å². The molecule has 0 aliphatic carbocycles. The second-order valence-electron chi connectivity index (χ2n) is 16.4. The van der Waals surface area contributed by atoms with Crippen LogP contribution in [0.15, 0.2) is 184 Å². The first-order valence-electron chi connectivity index (χ1n) is 21.6. The molecule has 6 aromatic rings. The lowest BCUT2D eigenvalue weighted by Crippen LogP contribution is -2.71. The number of carbonyl (C=O) groups excluding carboxylic acids is 4. The second kappa shape index (κ2) is 21.3. The van der Waals surface area contributed by atoms with Gasteiger partial charge in [-0.25, -0.2) is 14.6 Å². The number of oxime groups is 1. The van der Waals surface area contributed by atoms with Crippen molar-refractivity contribution in [3.05, 3.63) is 213 Å². The number of benzene rings is 5. The lowest BCUT2D eigenvalue weighted by atomic mass is 9.80. The average molecular weight is 966 g/mol. The van der Waals surface area contributed by atoms with Gasteiger partial charge in [-0.2, -0.15) is 0 Å². The van der Waals surface area contributed by atoms with Crippen LogP contribution < -0.4 is 10.6 Å². The van der Waals surface area contributed by atoms with Crippen LogP contribution in [0.25, 0.3) is 0 Å². The van der Waals surface area contributed by atoms with Gasteiger partial charge in [0.1, 0.15) is 28.4 Å². The number of aliphatic hydroxyl groups excluding tert-OH is 1. The number of hydrogen-bond acceptors (Lipinski definition) is 13. The Morgan fingerprint density at radius 3 is 1.88 bits per heavy atom. The Bertz CT molecular complexity index is 2680. The summed E-state index contributed by atoms with van der Waals surface area (Å²) in [6.45, 7) is 4.99. The fourth-order valence-corrected chi connectivity index (χ4v) is 10.6. The van der Waals surface area contributed by atoms with E-state index in [0.717, 1.165) is 22.5 Å². The summed E-state index contributed by atoms with van der Waals surface area (Å²) >= 11 is 3.61. The van der Waals surface area contributed by atoms with E-state index in [2.05, 4.69) is 20.8 Å². The molecule has 0 radical (unpaired) electrons. The Morgan fingerprint density at radius 1 is 0.838 bits per heavy atom. The van der Waals surface area contributed by atoms with E-state index in [1.807, 2.05) is 152 Å². The Balaban J connectivity index is 1.14. The number of aromatic nitrogens is 1. The van der Waals surface area contributed by atoms with Crippen molar-refractivity contribution in [1.82, 2.24) is 15.2 Å². The van der Waals surface area contributed by atoms with Crippen LogP contribution in [-0.2, 0) is 34.3 Å². The van der Waals surface area contributed by atoms with Crippen molar-refractivity contribution >= 4 is 69.6 Å². The van der Waals surface area contributed by atoms with Crippen molar-refractivity contribution in [3.63, 3.8) is 0 Å². The molecule has 2 aliphatic heterocycles. The highest BCUT2D eigenvalue weighted by Gasteiger charge is 2.55. The number of β-lactam (4-membered cyclic amide) rings is 1. The van der Waals surface area contributed by atoms with Gasteiger partial charge in [-0.3, -0.25) is 19.8 Å². The number of carbonyl (C=O) groups is 4. The van der Waals surface area contributed by atoms with Crippen LogP contribution in [0.2, 0.25) is 0 Å². The summed E-state index contributed by atoms with van der Waals surface area (Å²) in [6, 6.07) is 46.0. The third-order valence-corrected chi connectivity index (χ3v) is 13.8. The number of nitrogens with zero attached hydrogens (tertiary/aromatic N) is 3. The highest BCUT2D eigenvalue weighted by Crippen LogP contribution is 2.45. The van der Waals surface area contributed by atoms with Crippen molar-refractivity contribution in [1.29, 1.82) is 0 Å². The molecule has 13 nitrogen and oxygen atoms in total. The molecule has 1 aromatic heterocycles. The summed E-state index contributed by atoms with van der Waals surface area (Å²) in [5.41, 5.74) is 1.25. The van der Waals surface area contributed by atoms with Gasteiger partial charge in [0.15, 0.2) is 16.9 Å². The van der Waals surface area contributed by atoms with Gasteiger partial charge in [-0.1, -0.05) is 175 Å². The molecule has 0 bridgehead atoms.